The zero-order valence-electron chi connectivity index (χ0n) is 7.48. The van der Waals surface area contributed by atoms with Gasteiger partial charge in [0, 0.05) is 5.69 Å². The number of rotatable bonds is 2. The van der Waals surface area contributed by atoms with Crippen LogP contribution in [0.15, 0.2) is 16.6 Å². The van der Waals surface area contributed by atoms with Gasteiger partial charge >= 0.3 is 0 Å². The van der Waals surface area contributed by atoms with Gasteiger partial charge in [-0.15, -0.1) is 6.42 Å². The number of nitrogens with one attached hydrogen (secondary N) is 1. The molecular weight excluding hydrogens is 268 g/mol. The molecule has 0 aliphatic rings. The van der Waals surface area contributed by atoms with E-state index in [2.05, 4.69) is 27.2 Å². The minimum atomic E-state index is -0.786. The minimum absolute atomic E-state index is 0.0356. The van der Waals surface area contributed by atoms with E-state index in [4.69, 9.17) is 6.42 Å². The number of amides is 1. The molecule has 1 N–H and O–H groups in total. The Hall–Kier alpha value is -1.41. The third kappa shape index (κ3) is 3.03. The zero-order chi connectivity index (χ0) is 11.4. The van der Waals surface area contributed by atoms with Crippen LogP contribution in [-0.2, 0) is 4.79 Å². The summed E-state index contributed by atoms with van der Waals surface area (Å²) >= 11 is 2.72. The Balaban J connectivity index is 2.89. The lowest BCUT2D eigenvalue weighted by molar-refractivity contribution is -0.115. The molecule has 0 spiro atoms. The summed E-state index contributed by atoms with van der Waals surface area (Å²) in [5.74, 6) is 0.0599. The van der Waals surface area contributed by atoms with Gasteiger partial charge in [-0.05, 0) is 28.1 Å². The summed E-state index contributed by atoms with van der Waals surface area (Å²) < 4.78 is 25.7. The van der Waals surface area contributed by atoms with Crippen LogP contribution in [0.1, 0.15) is 6.42 Å². The van der Waals surface area contributed by atoms with Crippen LogP contribution in [0.2, 0.25) is 0 Å². The van der Waals surface area contributed by atoms with E-state index < -0.39 is 17.5 Å². The van der Waals surface area contributed by atoms with Crippen molar-refractivity contribution in [2.24, 2.45) is 0 Å². The number of terminal acetylenes is 1. The van der Waals surface area contributed by atoms with Crippen LogP contribution in [0.25, 0.3) is 0 Å². The lowest BCUT2D eigenvalue weighted by atomic mass is 10.3. The topological polar surface area (TPSA) is 29.1 Å². The van der Waals surface area contributed by atoms with Gasteiger partial charge in [0.1, 0.15) is 11.6 Å². The van der Waals surface area contributed by atoms with Crippen molar-refractivity contribution in [1.82, 2.24) is 0 Å². The van der Waals surface area contributed by atoms with E-state index in [-0.39, 0.29) is 16.6 Å². The van der Waals surface area contributed by atoms with Gasteiger partial charge in [-0.2, -0.15) is 0 Å². The lowest BCUT2D eigenvalue weighted by Crippen LogP contribution is -2.10. The van der Waals surface area contributed by atoms with E-state index in [0.29, 0.717) is 0 Å². The van der Waals surface area contributed by atoms with Crippen molar-refractivity contribution < 1.29 is 13.6 Å². The first-order chi connectivity index (χ1) is 7.04. The smallest absolute Gasteiger partial charge is 0.236 e. The summed E-state index contributed by atoms with van der Waals surface area (Å²) in [4.78, 5) is 11.0. The maximum atomic E-state index is 13.0. The van der Waals surface area contributed by atoms with Gasteiger partial charge in [0.25, 0.3) is 0 Å². The molecule has 78 valence electrons. The zero-order valence-corrected chi connectivity index (χ0v) is 9.07. The van der Waals surface area contributed by atoms with Crippen LogP contribution in [0, 0.1) is 24.0 Å². The van der Waals surface area contributed by atoms with Crippen LogP contribution < -0.4 is 5.32 Å². The Bertz CT molecular complexity index is 417. The van der Waals surface area contributed by atoms with Crippen molar-refractivity contribution in [1.29, 1.82) is 0 Å². The SMILES string of the molecule is C#CCC(=O)Nc1cc(F)c(Br)c(F)c1. The summed E-state index contributed by atoms with van der Waals surface area (Å²) in [6.45, 7) is 0. The van der Waals surface area contributed by atoms with Gasteiger partial charge in [0.15, 0.2) is 0 Å². The summed E-state index contributed by atoms with van der Waals surface area (Å²) in [5.41, 5.74) is 0.0356. The number of hydrogen-bond donors (Lipinski definition) is 1. The van der Waals surface area contributed by atoms with Gasteiger partial charge in [-0.3, -0.25) is 4.79 Å². The van der Waals surface area contributed by atoms with Gasteiger partial charge in [-0.1, -0.05) is 5.92 Å². The molecule has 0 aliphatic heterocycles. The van der Waals surface area contributed by atoms with Crippen LogP contribution in [0.5, 0.6) is 0 Å². The number of halogens is 3. The van der Waals surface area contributed by atoms with Crippen molar-refractivity contribution in [3.63, 3.8) is 0 Å². The first-order valence-electron chi connectivity index (χ1n) is 3.92. The summed E-state index contributed by atoms with van der Waals surface area (Å²) in [6, 6.07) is 2.00. The van der Waals surface area contributed by atoms with Gasteiger partial charge in [0.05, 0.1) is 10.9 Å². The molecule has 0 aromatic heterocycles. The second kappa shape index (κ2) is 4.89. The first kappa shape index (κ1) is 11.7. The van der Waals surface area contributed by atoms with E-state index in [1.165, 1.54) is 0 Å². The van der Waals surface area contributed by atoms with Crippen molar-refractivity contribution in [3.05, 3.63) is 28.2 Å². The standard InChI is InChI=1S/C10H6BrF2NO/c1-2-3-9(15)14-6-4-7(12)10(11)8(13)5-6/h1,4-5H,3H2,(H,14,15). The summed E-state index contributed by atoms with van der Waals surface area (Å²) in [6.07, 6.45) is 4.76. The maximum Gasteiger partial charge on any atom is 0.236 e. The number of carbonyl (C=O) groups excluding carboxylic acids is 1. The molecule has 0 heterocycles. The number of anilines is 1. The van der Waals surface area contributed by atoms with E-state index in [9.17, 15) is 13.6 Å². The molecule has 0 radical (unpaired) electrons. The Labute approximate surface area is 93.8 Å². The van der Waals surface area contributed by atoms with Crippen molar-refractivity contribution >= 4 is 27.5 Å². The average Bonchev–Trinajstić information content (AvgIpc) is 2.14. The predicted octanol–water partition coefficient (Wildman–Crippen LogP) is 2.69. The third-order valence-corrected chi connectivity index (χ3v) is 2.29. The van der Waals surface area contributed by atoms with Gasteiger partial charge < -0.3 is 5.32 Å². The lowest BCUT2D eigenvalue weighted by Gasteiger charge is -2.04. The molecule has 15 heavy (non-hydrogen) atoms. The molecule has 2 nitrogen and oxygen atoms in total. The Morgan fingerprint density at radius 3 is 2.47 bits per heavy atom. The molecule has 0 bridgehead atoms. The molecular formula is C10H6BrF2NO. The van der Waals surface area contributed by atoms with Crippen LogP contribution in [0.3, 0.4) is 0 Å². The van der Waals surface area contributed by atoms with E-state index in [0.717, 1.165) is 12.1 Å². The molecule has 1 rings (SSSR count). The highest BCUT2D eigenvalue weighted by Gasteiger charge is 2.09. The normalized spacial score (nSPS) is 9.47. The molecule has 0 saturated heterocycles. The van der Waals surface area contributed by atoms with Crippen molar-refractivity contribution in [2.75, 3.05) is 5.32 Å². The second-order valence-electron chi connectivity index (χ2n) is 2.68. The van der Waals surface area contributed by atoms with Crippen molar-refractivity contribution in [3.8, 4) is 12.3 Å². The Morgan fingerprint density at radius 2 is 2.00 bits per heavy atom. The first-order valence-corrected chi connectivity index (χ1v) is 4.71. The van der Waals surface area contributed by atoms with Crippen molar-refractivity contribution in [2.45, 2.75) is 6.42 Å². The molecule has 0 unspecified atom stereocenters. The highest BCUT2D eigenvalue weighted by atomic mass is 79.9. The molecule has 0 atom stereocenters. The fourth-order valence-corrected chi connectivity index (χ4v) is 1.15. The molecule has 0 aliphatic carbocycles. The largest absolute Gasteiger partial charge is 0.325 e. The number of hydrogen-bond acceptors (Lipinski definition) is 1. The maximum absolute atomic E-state index is 13.0. The number of benzene rings is 1. The third-order valence-electron chi connectivity index (χ3n) is 1.53. The quantitative estimate of drug-likeness (QED) is 0.652. The highest BCUT2D eigenvalue weighted by Crippen LogP contribution is 2.23. The molecule has 0 fully saturated rings. The fourth-order valence-electron chi connectivity index (χ4n) is 0.926. The molecule has 5 heteroatoms. The highest BCUT2D eigenvalue weighted by molar-refractivity contribution is 9.10. The van der Waals surface area contributed by atoms with Gasteiger partial charge in [-0.25, -0.2) is 8.78 Å². The monoisotopic (exact) mass is 273 g/mol. The van der Waals surface area contributed by atoms with E-state index >= 15 is 0 Å². The van der Waals surface area contributed by atoms with E-state index in [1.807, 2.05) is 0 Å². The van der Waals surface area contributed by atoms with Gasteiger partial charge in [0.2, 0.25) is 5.91 Å². The fraction of sp³-hybridized carbons (Fsp3) is 0.100. The predicted molar refractivity (Wildman–Crippen MR) is 56.1 cm³/mol. The van der Waals surface area contributed by atoms with Crippen LogP contribution in [-0.4, -0.2) is 5.91 Å². The number of carbonyl (C=O) groups is 1. The average molecular weight is 274 g/mol. The molecule has 1 aromatic carbocycles. The van der Waals surface area contributed by atoms with Crippen LogP contribution in [0.4, 0.5) is 14.5 Å². The molecule has 1 aromatic rings. The summed E-state index contributed by atoms with van der Waals surface area (Å²) in [5, 5.41) is 2.27. The Morgan fingerprint density at radius 1 is 1.47 bits per heavy atom. The molecule has 0 saturated carbocycles. The minimum Gasteiger partial charge on any atom is -0.325 e. The molecule has 1 amide bonds. The van der Waals surface area contributed by atoms with E-state index in [1.54, 1.807) is 0 Å². The van der Waals surface area contributed by atoms with Crippen LogP contribution >= 0.6 is 15.9 Å². The second-order valence-corrected chi connectivity index (χ2v) is 3.48. The summed E-state index contributed by atoms with van der Waals surface area (Å²) in [7, 11) is 0. The Kier molecular flexibility index (Phi) is 3.81.